The molecule has 2 saturated heterocycles. The summed E-state index contributed by atoms with van der Waals surface area (Å²) in [5.74, 6) is -5.08. The van der Waals surface area contributed by atoms with Crippen molar-refractivity contribution >= 4 is 46.2 Å². The highest BCUT2D eigenvalue weighted by molar-refractivity contribution is 6.24. The van der Waals surface area contributed by atoms with Crippen molar-refractivity contribution in [3.63, 3.8) is 0 Å². The highest BCUT2D eigenvalue weighted by Gasteiger charge is 2.69. The summed E-state index contributed by atoms with van der Waals surface area (Å²) in [6.45, 7) is 0.0511. The number of carbonyl (C=O) groups excluding carboxylic acids is 3. The van der Waals surface area contributed by atoms with Crippen LogP contribution in [-0.2, 0) is 14.4 Å². The number of anilines is 1. The Balaban J connectivity index is 1.60. The van der Waals surface area contributed by atoms with Crippen LogP contribution in [0.25, 0.3) is 11.0 Å². The lowest BCUT2D eigenvalue weighted by molar-refractivity contribution is -0.384. The highest BCUT2D eigenvalue weighted by Crippen LogP contribution is 2.52. The number of furan rings is 1. The maximum absolute atomic E-state index is 13.8. The number of carboxylic acid groups (broad SMARTS) is 1. The summed E-state index contributed by atoms with van der Waals surface area (Å²) in [5, 5.41) is 27.9. The van der Waals surface area contributed by atoms with Gasteiger partial charge < -0.3 is 20.6 Å². The number of primary amides is 1. The number of nitro benzene ring substituents is 1. The van der Waals surface area contributed by atoms with Crippen LogP contribution in [0.2, 0.25) is 0 Å². The molecular formula is C25H23N5O8. The minimum Gasteiger partial charge on any atom is -0.480 e. The molecule has 2 aliphatic rings. The van der Waals surface area contributed by atoms with Crippen molar-refractivity contribution in [3.05, 3.63) is 70.5 Å². The zero-order valence-corrected chi connectivity index (χ0v) is 19.8. The number of carbonyl (C=O) groups is 4. The van der Waals surface area contributed by atoms with E-state index in [0.29, 0.717) is 5.58 Å². The van der Waals surface area contributed by atoms with Crippen LogP contribution in [0, 0.1) is 22.0 Å². The molecule has 0 bridgehead atoms. The third-order valence-corrected chi connectivity index (χ3v) is 7.13. The van der Waals surface area contributed by atoms with Gasteiger partial charge in [-0.25, -0.2) is 9.69 Å². The van der Waals surface area contributed by atoms with E-state index in [1.807, 2.05) is 0 Å². The molecule has 4 amide bonds. The summed E-state index contributed by atoms with van der Waals surface area (Å²) in [4.78, 5) is 63.0. The summed E-state index contributed by atoms with van der Waals surface area (Å²) in [7, 11) is 0. The first kappa shape index (κ1) is 24.9. The van der Waals surface area contributed by atoms with Gasteiger partial charge in [0.2, 0.25) is 11.8 Å². The van der Waals surface area contributed by atoms with Gasteiger partial charge in [0.15, 0.2) is 0 Å². The first-order chi connectivity index (χ1) is 18.1. The van der Waals surface area contributed by atoms with Crippen molar-refractivity contribution in [2.45, 2.75) is 24.4 Å². The van der Waals surface area contributed by atoms with Crippen LogP contribution >= 0.6 is 0 Å². The van der Waals surface area contributed by atoms with Crippen LogP contribution in [0.4, 0.5) is 16.2 Å². The molecule has 5 N–H and O–H groups in total. The predicted octanol–water partition coefficient (Wildman–Crippen LogP) is 2.06. The largest absolute Gasteiger partial charge is 0.480 e. The Bertz CT molecular complexity index is 1450. The van der Waals surface area contributed by atoms with Crippen molar-refractivity contribution in [3.8, 4) is 0 Å². The fraction of sp³-hybridized carbons (Fsp3) is 0.280. The Kier molecular flexibility index (Phi) is 6.07. The molecule has 4 atom stereocenters. The number of nitrogens with one attached hydrogen (secondary N) is 2. The number of fused-ring (bicyclic) bond motifs is 2. The molecule has 2 fully saturated rings. The minimum absolute atomic E-state index is 0.0263. The van der Waals surface area contributed by atoms with Gasteiger partial charge >= 0.3 is 12.0 Å². The molecule has 0 radical (unpaired) electrons. The number of imide groups is 1. The highest BCUT2D eigenvalue weighted by atomic mass is 16.6. The van der Waals surface area contributed by atoms with Gasteiger partial charge in [-0.2, -0.15) is 0 Å². The molecule has 4 unspecified atom stereocenters. The third-order valence-electron chi connectivity index (χ3n) is 7.13. The number of nitrogens with two attached hydrogens (primary N) is 1. The van der Waals surface area contributed by atoms with Gasteiger partial charge in [-0.05, 0) is 31.0 Å². The molecule has 13 heteroatoms. The van der Waals surface area contributed by atoms with E-state index in [1.54, 1.807) is 30.3 Å². The molecular weight excluding hydrogens is 498 g/mol. The van der Waals surface area contributed by atoms with E-state index in [0.717, 1.165) is 16.4 Å². The lowest BCUT2D eigenvalue weighted by Gasteiger charge is -2.31. The maximum atomic E-state index is 13.8. The summed E-state index contributed by atoms with van der Waals surface area (Å²) in [6, 6.07) is 12.1. The first-order valence-corrected chi connectivity index (χ1v) is 11.8. The topological polar surface area (TPSA) is 198 Å². The van der Waals surface area contributed by atoms with Crippen LogP contribution in [0.15, 0.2) is 59.0 Å². The van der Waals surface area contributed by atoms with E-state index in [9.17, 15) is 34.4 Å². The summed E-state index contributed by atoms with van der Waals surface area (Å²) < 4.78 is 5.97. The SMILES string of the molecule is NC(=O)NCCCC1(C(=O)O)NC(c2cc3ccccc3o2)C2C(=O)N(c3cccc([N+](=O)[O-])c3)C(=O)C21. The van der Waals surface area contributed by atoms with Crippen molar-refractivity contribution in [1.82, 2.24) is 10.6 Å². The zero-order chi connectivity index (χ0) is 27.2. The van der Waals surface area contributed by atoms with Crippen LogP contribution in [0.5, 0.6) is 0 Å². The number of benzene rings is 2. The molecule has 2 aliphatic heterocycles. The second-order valence-corrected chi connectivity index (χ2v) is 9.27. The van der Waals surface area contributed by atoms with Crippen LogP contribution < -0.4 is 21.3 Å². The number of carboxylic acids is 1. The molecule has 1 aromatic heterocycles. The van der Waals surface area contributed by atoms with Crippen LogP contribution in [-0.4, -0.2) is 45.9 Å². The molecule has 3 aromatic rings. The standard InChI is InChI=1S/C25H23N5O8/c26-24(35)27-10-4-9-25(23(33)34)19-18(20(28-25)17-11-13-5-1-2-8-16(13)38-17)21(31)29(22(19)32)14-6-3-7-15(12-14)30(36)37/h1-3,5-8,11-12,18-20,28H,4,9-10H2,(H,33,34)(H3,26,27,35). The molecule has 0 saturated carbocycles. The molecule has 0 spiro atoms. The Hall–Kier alpha value is -4.78. The zero-order valence-electron chi connectivity index (χ0n) is 19.8. The van der Waals surface area contributed by atoms with Gasteiger partial charge in [0.05, 0.1) is 28.5 Å². The second kappa shape index (κ2) is 9.27. The summed E-state index contributed by atoms with van der Waals surface area (Å²) in [6.07, 6.45) is 0.0128. The average molecular weight is 521 g/mol. The molecule has 38 heavy (non-hydrogen) atoms. The smallest absolute Gasteiger partial charge is 0.324 e. The number of hydrogen-bond donors (Lipinski definition) is 4. The van der Waals surface area contributed by atoms with E-state index < -0.39 is 52.2 Å². The van der Waals surface area contributed by atoms with Gasteiger partial charge in [0, 0.05) is 24.1 Å². The van der Waals surface area contributed by atoms with Gasteiger partial charge in [-0.1, -0.05) is 24.3 Å². The molecule has 196 valence electrons. The van der Waals surface area contributed by atoms with Crippen molar-refractivity contribution in [1.29, 1.82) is 0 Å². The number of nitrogens with zero attached hydrogens (tertiary/aromatic N) is 2. The minimum atomic E-state index is -1.89. The number of para-hydroxylation sites is 1. The molecule has 0 aliphatic carbocycles. The number of non-ortho nitro benzene ring substituents is 1. The van der Waals surface area contributed by atoms with Crippen molar-refractivity contribution < 1.29 is 33.6 Å². The fourth-order valence-electron chi connectivity index (χ4n) is 5.51. The monoisotopic (exact) mass is 521 g/mol. The maximum Gasteiger partial charge on any atom is 0.324 e. The van der Waals surface area contributed by atoms with Crippen LogP contribution in [0.1, 0.15) is 24.6 Å². The molecule has 3 heterocycles. The Morgan fingerprint density at radius 1 is 1.16 bits per heavy atom. The van der Waals surface area contributed by atoms with E-state index in [1.165, 1.54) is 18.2 Å². The molecule has 13 nitrogen and oxygen atoms in total. The van der Waals surface area contributed by atoms with Gasteiger partial charge in [0.1, 0.15) is 16.9 Å². The number of hydrogen-bond acceptors (Lipinski definition) is 8. The second-order valence-electron chi connectivity index (χ2n) is 9.27. The number of amides is 4. The lowest BCUT2D eigenvalue weighted by atomic mass is 9.77. The quantitative estimate of drug-likeness (QED) is 0.148. The fourth-order valence-corrected chi connectivity index (χ4v) is 5.51. The normalized spacial score (nSPS) is 24.5. The van der Waals surface area contributed by atoms with E-state index >= 15 is 0 Å². The van der Waals surface area contributed by atoms with E-state index in [4.69, 9.17) is 10.2 Å². The van der Waals surface area contributed by atoms with E-state index in [2.05, 4.69) is 10.6 Å². The molecule has 5 rings (SSSR count). The van der Waals surface area contributed by atoms with Gasteiger partial charge in [-0.3, -0.25) is 29.8 Å². The average Bonchev–Trinajstić information content (AvgIpc) is 3.53. The van der Waals surface area contributed by atoms with Crippen molar-refractivity contribution in [2.75, 3.05) is 11.4 Å². The van der Waals surface area contributed by atoms with Gasteiger partial charge in [-0.15, -0.1) is 0 Å². The van der Waals surface area contributed by atoms with Gasteiger partial charge in [0.25, 0.3) is 5.69 Å². The number of nitro groups is 1. The Labute approximate surface area is 214 Å². The van der Waals surface area contributed by atoms with Crippen LogP contribution in [0.3, 0.4) is 0 Å². The third kappa shape index (κ3) is 3.93. The number of urea groups is 1. The summed E-state index contributed by atoms with van der Waals surface area (Å²) in [5.41, 5.74) is 3.38. The lowest BCUT2D eigenvalue weighted by Crippen LogP contribution is -2.56. The van der Waals surface area contributed by atoms with E-state index in [-0.39, 0.29) is 36.5 Å². The Morgan fingerprint density at radius 2 is 1.92 bits per heavy atom. The Morgan fingerprint density at radius 3 is 2.61 bits per heavy atom. The predicted molar refractivity (Wildman–Crippen MR) is 132 cm³/mol. The first-order valence-electron chi connectivity index (χ1n) is 11.8. The number of aliphatic carboxylic acids is 1. The van der Waals surface area contributed by atoms with Crippen molar-refractivity contribution in [2.24, 2.45) is 17.6 Å². The number of rotatable bonds is 8. The molecule has 2 aromatic carbocycles. The summed E-state index contributed by atoms with van der Waals surface area (Å²) >= 11 is 0.